The van der Waals surface area contributed by atoms with Gasteiger partial charge in [0.05, 0.1) is 0 Å². The summed E-state index contributed by atoms with van der Waals surface area (Å²) in [5.41, 5.74) is 1.17. The summed E-state index contributed by atoms with van der Waals surface area (Å²) in [5, 5.41) is 0. The van der Waals surface area contributed by atoms with Crippen LogP contribution in [0.1, 0.15) is 19.4 Å². The maximum atomic E-state index is 5.90. The van der Waals surface area contributed by atoms with Crippen LogP contribution >= 0.6 is 0 Å². The van der Waals surface area contributed by atoms with E-state index in [0.717, 1.165) is 18.8 Å². The summed E-state index contributed by atoms with van der Waals surface area (Å²) in [5.74, 6) is 1.00. The predicted octanol–water partition coefficient (Wildman–Crippen LogP) is 2.27. The average Bonchev–Trinajstić information content (AvgIpc) is 2.12. The van der Waals surface area contributed by atoms with E-state index >= 15 is 0 Å². The van der Waals surface area contributed by atoms with Crippen molar-refractivity contribution in [3.8, 4) is 5.75 Å². The van der Waals surface area contributed by atoms with Crippen molar-refractivity contribution in [3.63, 3.8) is 0 Å². The molecule has 2 heteroatoms. The van der Waals surface area contributed by atoms with Crippen LogP contribution in [0.4, 0.5) is 0 Å². The van der Waals surface area contributed by atoms with Crippen LogP contribution < -0.4 is 4.74 Å². The number of hydrogen-bond donors (Lipinski definition) is 0. The second-order valence-corrected chi connectivity index (χ2v) is 4.48. The monoisotopic (exact) mass is 204 g/mol. The van der Waals surface area contributed by atoms with E-state index in [1.807, 2.05) is 18.2 Å². The van der Waals surface area contributed by atoms with Crippen LogP contribution in [0.25, 0.3) is 0 Å². The Bertz CT molecular complexity index is 329. The average molecular weight is 204 g/mol. The predicted molar refractivity (Wildman–Crippen MR) is 61.1 cm³/mol. The zero-order valence-electron chi connectivity index (χ0n) is 9.66. The van der Waals surface area contributed by atoms with Crippen molar-refractivity contribution in [1.82, 2.24) is 4.90 Å². The third kappa shape index (κ3) is 2.32. The first-order valence-corrected chi connectivity index (χ1v) is 5.54. The molecule has 2 rings (SSSR count). The van der Waals surface area contributed by atoms with Gasteiger partial charge in [-0.25, -0.2) is 0 Å². The Hall–Kier alpha value is -1.02. The molecule has 0 aliphatic carbocycles. The number of nitrogens with zero attached hydrogens (tertiary/aromatic N) is 1. The highest BCUT2D eigenvalue weighted by molar-refractivity contribution is 5.31. The van der Waals surface area contributed by atoms with Gasteiger partial charge in [0.25, 0.3) is 0 Å². The van der Waals surface area contributed by atoms with Crippen LogP contribution in [-0.2, 0) is 0 Å². The molecule has 0 N–H and O–H groups in total. The molecule has 0 spiro atoms. The maximum absolute atomic E-state index is 5.90. The molecule has 0 unspecified atom stereocenters. The van der Waals surface area contributed by atoms with E-state index in [0.29, 0.717) is 12.1 Å². The topological polar surface area (TPSA) is 12.5 Å². The summed E-state index contributed by atoms with van der Waals surface area (Å²) in [4.78, 5) is 2.41. The molecule has 1 aromatic rings. The molecule has 0 amide bonds. The van der Waals surface area contributed by atoms with Crippen molar-refractivity contribution < 1.29 is 4.74 Å². The van der Waals surface area contributed by atoms with Crippen LogP contribution in [-0.4, -0.2) is 30.1 Å². The minimum Gasteiger partial charge on any atom is -0.487 e. The molecule has 1 aromatic carbocycles. The van der Waals surface area contributed by atoms with Crippen molar-refractivity contribution in [2.24, 2.45) is 0 Å². The third-order valence-corrected chi connectivity index (χ3v) is 2.92. The molecule has 0 atom stereocenters. The van der Waals surface area contributed by atoms with Gasteiger partial charge in [0.15, 0.2) is 0 Å². The number of likely N-dealkylation sites (tertiary alicyclic amines) is 1. The lowest BCUT2D eigenvalue weighted by atomic mass is 10.1. The van der Waals surface area contributed by atoms with Crippen LogP contribution in [0, 0.1) is 13.0 Å². The molecule has 1 aliphatic rings. The molecular formula is C13H18NO. The summed E-state index contributed by atoms with van der Waals surface area (Å²) in [6, 6.07) is 9.55. The third-order valence-electron chi connectivity index (χ3n) is 2.92. The Morgan fingerprint density at radius 1 is 1.47 bits per heavy atom. The maximum Gasteiger partial charge on any atom is 0.124 e. The van der Waals surface area contributed by atoms with Gasteiger partial charge in [-0.3, -0.25) is 4.90 Å². The number of hydrogen-bond acceptors (Lipinski definition) is 2. The zero-order chi connectivity index (χ0) is 10.8. The Morgan fingerprint density at radius 2 is 2.20 bits per heavy atom. The van der Waals surface area contributed by atoms with E-state index in [2.05, 4.69) is 31.7 Å². The molecule has 1 radical (unpaired) electrons. The molecule has 1 fully saturated rings. The molecule has 15 heavy (non-hydrogen) atoms. The summed E-state index contributed by atoms with van der Waals surface area (Å²) in [6.45, 7) is 8.61. The lowest BCUT2D eigenvalue weighted by Gasteiger charge is -2.41. The molecule has 1 aliphatic heterocycles. The SMILES string of the molecule is Cc1c[c]ccc1OC1CN(C(C)C)C1. The molecule has 0 saturated carbocycles. The standard InChI is InChI=1S/C13H18NO/c1-10(2)14-8-12(9-14)15-13-7-5-4-6-11(13)3/h5-7,10,12H,8-9H2,1-3H3. The Balaban J connectivity index is 1.88. The number of benzene rings is 1. The largest absolute Gasteiger partial charge is 0.487 e. The van der Waals surface area contributed by atoms with E-state index < -0.39 is 0 Å². The van der Waals surface area contributed by atoms with E-state index in [1.54, 1.807) is 0 Å². The van der Waals surface area contributed by atoms with Crippen molar-refractivity contribution in [2.45, 2.75) is 32.9 Å². The fourth-order valence-electron chi connectivity index (χ4n) is 1.78. The van der Waals surface area contributed by atoms with Crippen molar-refractivity contribution >= 4 is 0 Å². The van der Waals surface area contributed by atoms with Crippen LogP contribution in [0.15, 0.2) is 18.2 Å². The van der Waals surface area contributed by atoms with Crippen LogP contribution in [0.2, 0.25) is 0 Å². The first-order valence-electron chi connectivity index (χ1n) is 5.54. The van der Waals surface area contributed by atoms with E-state index in [1.165, 1.54) is 5.56 Å². The van der Waals surface area contributed by atoms with Crippen LogP contribution in [0.5, 0.6) is 5.75 Å². The normalized spacial score (nSPS) is 17.9. The smallest absolute Gasteiger partial charge is 0.124 e. The molecule has 0 aromatic heterocycles. The first kappa shape index (κ1) is 10.5. The van der Waals surface area contributed by atoms with Gasteiger partial charge in [0.1, 0.15) is 11.9 Å². The lowest BCUT2D eigenvalue weighted by Crippen LogP contribution is -2.56. The minimum absolute atomic E-state index is 0.369. The molecule has 1 saturated heterocycles. The fraction of sp³-hybridized carbons (Fsp3) is 0.538. The Morgan fingerprint density at radius 3 is 2.80 bits per heavy atom. The first-order chi connectivity index (χ1) is 7.16. The van der Waals surface area contributed by atoms with E-state index in [4.69, 9.17) is 4.74 Å². The summed E-state index contributed by atoms with van der Waals surface area (Å²) in [7, 11) is 0. The van der Waals surface area contributed by atoms with Gasteiger partial charge in [-0.1, -0.05) is 6.07 Å². The van der Waals surface area contributed by atoms with Crippen molar-refractivity contribution in [2.75, 3.05) is 13.1 Å². The molecule has 1 heterocycles. The summed E-state index contributed by atoms with van der Waals surface area (Å²) >= 11 is 0. The fourth-order valence-corrected chi connectivity index (χ4v) is 1.78. The second-order valence-electron chi connectivity index (χ2n) is 4.48. The van der Waals surface area contributed by atoms with Gasteiger partial charge in [0.2, 0.25) is 0 Å². The molecular weight excluding hydrogens is 186 g/mol. The Labute approximate surface area is 91.9 Å². The number of ether oxygens (including phenoxy) is 1. The zero-order valence-corrected chi connectivity index (χ0v) is 9.66. The van der Waals surface area contributed by atoms with Crippen molar-refractivity contribution in [3.05, 3.63) is 29.8 Å². The second kappa shape index (κ2) is 4.23. The molecule has 2 nitrogen and oxygen atoms in total. The van der Waals surface area contributed by atoms with Gasteiger partial charge in [-0.05, 0) is 44.5 Å². The molecule has 0 bridgehead atoms. The lowest BCUT2D eigenvalue weighted by molar-refractivity contribution is -0.000199. The summed E-state index contributed by atoms with van der Waals surface area (Å²) < 4.78 is 5.90. The summed E-state index contributed by atoms with van der Waals surface area (Å²) in [6.07, 6.45) is 0.369. The van der Waals surface area contributed by atoms with E-state index in [-0.39, 0.29) is 0 Å². The number of aryl methyl sites for hydroxylation is 1. The van der Waals surface area contributed by atoms with Gasteiger partial charge in [-0.2, -0.15) is 0 Å². The van der Waals surface area contributed by atoms with Gasteiger partial charge in [-0.15, -0.1) is 0 Å². The minimum atomic E-state index is 0.369. The quantitative estimate of drug-likeness (QED) is 0.749. The van der Waals surface area contributed by atoms with Crippen LogP contribution in [0.3, 0.4) is 0 Å². The highest BCUT2D eigenvalue weighted by atomic mass is 16.5. The highest BCUT2D eigenvalue weighted by Crippen LogP contribution is 2.22. The number of rotatable bonds is 3. The Kier molecular flexibility index (Phi) is 2.96. The van der Waals surface area contributed by atoms with Gasteiger partial charge < -0.3 is 4.74 Å². The molecule has 81 valence electrons. The van der Waals surface area contributed by atoms with Crippen molar-refractivity contribution in [1.29, 1.82) is 0 Å². The van der Waals surface area contributed by atoms with Gasteiger partial charge in [0, 0.05) is 19.1 Å². The highest BCUT2D eigenvalue weighted by Gasteiger charge is 2.30. The van der Waals surface area contributed by atoms with E-state index in [9.17, 15) is 0 Å². The van der Waals surface area contributed by atoms with Gasteiger partial charge >= 0.3 is 0 Å².